The Morgan fingerprint density at radius 3 is 2.56 bits per heavy atom. The Balaban J connectivity index is 1.80. The highest BCUT2D eigenvalue weighted by Gasteiger charge is 2.22. The van der Waals surface area contributed by atoms with E-state index in [-0.39, 0.29) is 17.2 Å². The van der Waals surface area contributed by atoms with Crippen LogP contribution in [0.3, 0.4) is 0 Å². The van der Waals surface area contributed by atoms with Gasteiger partial charge in [-0.05, 0) is 37.5 Å². The van der Waals surface area contributed by atoms with Crippen LogP contribution in [0, 0.1) is 6.92 Å². The number of anilines is 1. The van der Waals surface area contributed by atoms with Crippen molar-refractivity contribution in [2.45, 2.75) is 19.8 Å². The maximum absolute atomic E-state index is 12.6. The fourth-order valence-corrected chi connectivity index (χ4v) is 2.84. The lowest BCUT2D eigenvalue weighted by Gasteiger charge is -2.18. The molecule has 0 bridgehead atoms. The van der Waals surface area contributed by atoms with Crippen LogP contribution in [-0.2, 0) is 0 Å². The van der Waals surface area contributed by atoms with Gasteiger partial charge in [0.1, 0.15) is 6.26 Å². The van der Waals surface area contributed by atoms with Crippen molar-refractivity contribution in [3.05, 3.63) is 53.0 Å². The number of aromatic carboxylic acids is 1. The molecule has 1 aromatic carbocycles. The fraction of sp³-hybridized carbons (Fsp3) is 0.278. The summed E-state index contributed by atoms with van der Waals surface area (Å²) in [6.45, 7) is 3.27. The van der Waals surface area contributed by atoms with Crippen molar-refractivity contribution in [2.24, 2.45) is 0 Å². The number of carbonyl (C=O) groups is 3. The largest absolute Gasteiger partial charge is 0.478 e. The van der Waals surface area contributed by atoms with Gasteiger partial charge in [0, 0.05) is 30.4 Å². The standard InChI is InChI=1S/C18H18N2O5/c1-11-13(17(22)20-7-2-3-8-20)5-4-6-14(11)19-16(21)15-9-12(10-25-15)18(23)24/h4-6,9-10H,2-3,7-8H2,1H3,(H,19,21)(H,23,24). The number of furan rings is 1. The normalized spacial score (nSPS) is 13.7. The number of hydrogen-bond acceptors (Lipinski definition) is 4. The highest BCUT2D eigenvalue weighted by atomic mass is 16.4. The summed E-state index contributed by atoms with van der Waals surface area (Å²) in [5.41, 5.74) is 1.60. The molecule has 7 heteroatoms. The van der Waals surface area contributed by atoms with Crippen LogP contribution in [0.4, 0.5) is 5.69 Å². The van der Waals surface area contributed by atoms with Gasteiger partial charge in [0.05, 0.1) is 5.56 Å². The smallest absolute Gasteiger partial charge is 0.338 e. The van der Waals surface area contributed by atoms with Crippen molar-refractivity contribution in [3.63, 3.8) is 0 Å². The molecule has 2 aromatic rings. The second-order valence-corrected chi connectivity index (χ2v) is 5.94. The van der Waals surface area contributed by atoms with E-state index < -0.39 is 11.9 Å². The molecule has 7 nitrogen and oxygen atoms in total. The summed E-state index contributed by atoms with van der Waals surface area (Å²) in [5.74, 6) is -1.89. The van der Waals surface area contributed by atoms with Crippen molar-refractivity contribution in [3.8, 4) is 0 Å². The van der Waals surface area contributed by atoms with Crippen LogP contribution in [0.25, 0.3) is 0 Å². The molecule has 3 rings (SSSR count). The highest BCUT2D eigenvalue weighted by Crippen LogP contribution is 2.23. The first-order valence-electron chi connectivity index (χ1n) is 7.99. The molecule has 0 radical (unpaired) electrons. The minimum absolute atomic E-state index is 0.0442. The van der Waals surface area contributed by atoms with E-state index in [0.29, 0.717) is 16.8 Å². The van der Waals surface area contributed by atoms with Crippen LogP contribution < -0.4 is 5.32 Å². The molecular weight excluding hydrogens is 324 g/mol. The van der Waals surface area contributed by atoms with Crippen molar-refractivity contribution in [1.82, 2.24) is 4.90 Å². The zero-order valence-electron chi connectivity index (χ0n) is 13.7. The maximum Gasteiger partial charge on any atom is 0.338 e. The van der Waals surface area contributed by atoms with Gasteiger partial charge in [-0.25, -0.2) is 4.79 Å². The van der Waals surface area contributed by atoms with Gasteiger partial charge in [-0.3, -0.25) is 9.59 Å². The van der Waals surface area contributed by atoms with Crippen LogP contribution in [0.5, 0.6) is 0 Å². The molecule has 0 saturated carbocycles. The summed E-state index contributed by atoms with van der Waals surface area (Å²) in [5, 5.41) is 11.5. The molecule has 2 heterocycles. The fourth-order valence-electron chi connectivity index (χ4n) is 2.84. The zero-order valence-corrected chi connectivity index (χ0v) is 13.7. The summed E-state index contributed by atoms with van der Waals surface area (Å²) in [7, 11) is 0. The first kappa shape index (κ1) is 16.8. The van der Waals surface area contributed by atoms with Gasteiger partial charge < -0.3 is 19.7 Å². The SMILES string of the molecule is Cc1c(NC(=O)c2cc(C(=O)O)co2)cccc1C(=O)N1CCCC1. The molecule has 1 aromatic heterocycles. The number of benzene rings is 1. The van der Waals surface area contributed by atoms with E-state index in [2.05, 4.69) is 5.32 Å². The van der Waals surface area contributed by atoms with Crippen LogP contribution in [0.15, 0.2) is 34.9 Å². The number of carboxylic acids is 1. The Bertz CT molecular complexity index is 834. The summed E-state index contributed by atoms with van der Waals surface area (Å²) in [6, 6.07) is 6.29. The Hall–Kier alpha value is -3.09. The lowest BCUT2D eigenvalue weighted by Crippen LogP contribution is -2.28. The molecule has 1 aliphatic rings. The topological polar surface area (TPSA) is 99.9 Å². The first-order valence-corrected chi connectivity index (χ1v) is 7.99. The van der Waals surface area contributed by atoms with Crippen molar-refractivity contribution >= 4 is 23.5 Å². The van der Waals surface area contributed by atoms with Crippen molar-refractivity contribution < 1.29 is 23.9 Å². The van der Waals surface area contributed by atoms with Crippen LogP contribution in [0.2, 0.25) is 0 Å². The summed E-state index contributed by atoms with van der Waals surface area (Å²) in [4.78, 5) is 37.5. The van der Waals surface area contributed by atoms with Gasteiger partial charge in [-0.1, -0.05) is 6.07 Å². The van der Waals surface area contributed by atoms with Crippen LogP contribution in [0.1, 0.15) is 49.7 Å². The number of nitrogens with zero attached hydrogens (tertiary/aromatic N) is 1. The predicted molar refractivity (Wildman–Crippen MR) is 89.9 cm³/mol. The second-order valence-electron chi connectivity index (χ2n) is 5.94. The van der Waals surface area contributed by atoms with Crippen LogP contribution >= 0.6 is 0 Å². The molecule has 130 valence electrons. The van der Waals surface area contributed by atoms with Crippen molar-refractivity contribution in [2.75, 3.05) is 18.4 Å². The van der Waals surface area contributed by atoms with Gasteiger partial charge >= 0.3 is 5.97 Å². The van der Waals surface area contributed by atoms with Gasteiger partial charge in [-0.2, -0.15) is 0 Å². The lowest BCUT2D eigenvalue weighted by molar-refractivity contribution is 0.0695. The van der Waals surface area contributed by atoms with Gasteiger partial charge in [0.15, 0.2) is 5.76 Å². The molecule has 0 atom stereocenters. The molecule has 0 unspecified atom stereocenters. The van der Waals surface area contributed by atoms with E-state index in [9.17, 15) is 14.4 Å². The van der Waals surface area contributed by atoms with Crippen LogP contribution in [-0.4, -0.2) is 40.9 Å². The molecule has 1 saturated heterocycles. The number of likely N-dealkylation sites (tertiary alicyclic amines) is 1. The maximum atomic E-state index is 12.6. The average Bonchev–Trinajstić information content (AvgIpc) is 3.28. The Labute approximate surface area is 144 Å². The Morgan fingerprint density at radius 1 is 1.20 bits per heavy atom. The van der Waals surface area contributed by atoms with Crippen molar-refractivity contribution in [1.29, 1.82) is 0 Å². The molecule has 1 fully saturated rings. The number of rotatable bonds is 4. The minimum atomic E-state index is -1.17. The summed E-state index contributed by atoms with van der Waals surface area (Å²) < 4.78 is 4.99. The number of nitrogens with one attached hydrogen (secondary N) is 1. The molecule has 0 aliphatic carbocycles. The number of hydrogen-bond donors (Lipinski definition) is 2. The first-order chi connectivity index (χ1) is 12.0. The van der Waals surface area contributed by atoms with Gasteiger partial charge in [0.25, 0.3) is 11.8 Å². The highest BCUT2D eigenvalue weighted by molar-refractivity contribution is 6.05. The molecular formula is C18H18N2O5. The molecule has 2 N–H and O–H groups in total. The Morgan fingerprint density at radius 2 is 1.92 bits per heavy atom. The average molecular weight is 342 g/mol. The van der Waals surface area contributed by atoms with Gasteiger partial charge in [-0.15, -0.1) is 0 Å². The summed E-state index contributed by atoms with van der Waals surface area (Å²) >= 11 is 0. The second kappa shape index (κ2) is 6.80. The molecule has 0 spiro atoms. The Kier molecular flexibility index (Phi) is 4.56. The minimum Gasteiger partial charge on any atom is -0.478 e. The lowest BCUT2D eigenvalue weighted by atomic mass is 10.1. The third kappa shape index (κ3) is 3.40. The van der Waals surface area contributed by atoms with Gasteiger partial charge in [0.2, 0.25) is 0 Å². The van der Waals surface area contributed by atoms with E-state index >= 15 is 0 Å². The number of carboxylic acid groups (broad SMARTS) is 1. The van der Waals surface area contributed by atoms with E-state index in [4.69, 9.17) is 9.52 Å². The number of amides is 2. The quantitative estimate of drug-likeness (QED) is 0.890. The predicted octanol–water partition coefficient (Wildman–Crippen LogP) is 2.77. The third-order valence-corrected chi connectivity index (χ3v) is 4.28. The molecule has 1 aliphatic heterocycles. The third-order valence-electron chi connectivity index (χ3n) is 4.28. The van der Waals surface area contributed by atoms with E-state index in [0.717, 1.165) is 38.3 Å². The zero-order chi connectivity index (χ0) is 18.0. The van der Waals surface area contributed by atoms with E-state index in [1.165, 1.54) is 0 Å². The summed E-state index contributed by atoms with van der Waals surface area (Å²) in [6.07, 6.45) is 3.02. The molecule has 25 heavy (non-hydrogen) atoms. The van der Waals surface area contributed by atoms with E-state index in [1.54, 1.807) is 30.0 Å². The van der Waals surface area contributed by atoms with E-state index in [1.807, 2.05) is 0 Å². The molecule has 2 amide bonds. The number of carbonyl (C=O) groups excluding carboxylic acids is 2. The monoisotopic (exact) mass is 342 g/mol.